The molecule has 0 aliphatic heterocycles. The van der Waals surface area contributed by atoms with E-state index >= 15 is 0 Å². The molecule has 0 bridgehead atoms. The molecule has 22 heavy (non-hydrogen) atoms. The summed E-state index contributed by atoms with van der Waals surface area (Å²) in [5, 5.41) is 9.55. The van der Waals surface area contributed by atoms with Gasteiger partial charge in [0.1, 0.15) is 5.69 Å². The van der Waals surface area contributed by atoms with Crippen LogP contribution in [0.4, 0.5) is 24.5 Å². The standard InChI is InChI=1S/C12H7F3N4O3/c13-12(14,15)21-9-4-2-1-3-6(9)16-8-5-7-10(17-11(8)20)19-22-18-7/h1-5,16H,(H,17,19,20). The van der Waals surface area contributed by atoms with Crippen LogP contribution in [-0.2, 0) is 0 Å². The first kappa shape index (κ1) is 13.9. The summed E-state index contributed by atoms with van der Waals surface area (Å²) in [5.74, 6) is -0.465. The summed E-state index contributed by atoms with van der Waals surface area (Å²) in [7, 11) is 0. The van der Waals surface area contributed by atoms with Gasteiger partial charge in [-0.15, -0.1) is 13.2 Å². The van der Waals surface area contributed by atoms with Crippen molar-refractivity contribution in [3.63, 3.8) is 0 Å². The first-order valence-corrected chi connectivity index (χ1v) is 5.90. The fourth-order valence-corrected chi connectivity index (χ4v) is 1.78. The second-order valence-electron chi connectivity index (χ2n) is 4.18. The molecule has 2 heterocycles. The van der Waals surface area contributed by atoms with Crippen LogP contribution in [0.2, 0.25) is 0 Å². The average Bonchev–Trinajstić information content (AvgIpc) is 2.86. The summed E-state index contributed by atoms with van der Waals surface area (Å²) in [4.78, 5) is 14.2. The molecule has 2 aromatic heterocycles. The Morgan fingerprint density at radius 3 is 2.73 bits per heavy atom. The lowest BCUT2D eigenvalue weighted by Gasteiger charge is -2.13. The number of nitrogens with zero attached hydrogens (tertiary/aromatic N) is 2. The predicted molar refractivity (Wildman–Crippen MR) is 68.8 cm³/mol. The van der Waals surface area contributed by atoms with Gasteiger partial charge in [-0.3, -0.25) is 4.79 Å². The average molecular weight is 312 g/mol. The van der Waals surface area contributed by atoms with Crippen LogP contribution in [0, 0.1) is 0 Å². The maximum Gasteiger partial charge on any atom is 0.573 e. The Bertz CT molecular complexity index is 872. The lowest BCUT2D eigenvalue weighted by molar-refractivity contribution is -0.274. The van der Waals surface area contributed by atoms with Crippen molar-refractivity contribution in [2.75, 3.05) is 5.32 Å². The second kappa shape index (κ2) is 5.06. The third kappa shape index (κ3) is 2.85. The number of benzene rings is 1. The van der Waals surface area contributed by atoms with Gasteiger partial charge in [0.15, 0.2) is 11.3 Å². The van der Waals surface area contributed by atoms with E-state index in [1.54, 1.807) is 0 Å². The number of aromatic amines is 1. The highest BCUT2D eigenvalue weighted by Gasteiger charge is 2.32. The smallest absolute Gasteiger partial charge is 0.404 e. The molecular formula is C12H7F3N4O3. The first-order valence-electron chi connectivity index (χ1n) is 5.90. The zero-order chi connectivity index (χ0) is 15.7. The van der Waals surface area contributed by atoms with Crippen LogP contribution in [0.3, 0.4) is 0 Å². The number of fused-ring (bicyclic) bond motifs is 1. The van der Waals surface area contributed by atoms with E-state index < -0.39 is 17.7 Å². The highest BCUT2D eigenvalue weighted by Crippen LogP contribution is 2.31. The number of hydrogen-bond donors (Lipinski definition) is 2. The van der Waals surface area contributed by atoms with Gasteiger partial charge in [-0.05, 0) is 22.4 Å². The highest BCUT2D eigenvalue weighted by atomic mass is 19.4. The molecule has 10 heteroatoms. The Morgan fingerprint density at radius 2 is 1.95 bits per heavy atom. The number of alkyl halides is 3. The van der Waals surface area contributed by atoms with Gasteiger partial charge in [0.25, 0.3) is 5.56 Å². The highest BCUT2D eigenvalue weighted by molar-refractivity contribution is 5.76. The third-order valence-electron chi connectivity index (χ3n) is 2.65. The van der Waals surface area contributed by atoms with Gasteiger partial charge in [-0.25, -0.2) is 4.63 Å². The Labute approximate surface area is 119 Å². The van der Waals surface area contributed by atoms with Gasteiger partial charge >= 0.3 is 6.36 Å². The molecule has 0 amide bonds. The number of halogens is 3. The molecule has 0 fully saturated rings. The summed E-state index contributed by atoms with van der Waals surface area (Å²) in [6.07, 6.45) is -4.84. The quantitative estimate of drug-likeness (QED) is 0.772. The van der Waals surface area contributed by atoms with Crippen LogP contribution < -0.4 is 15.6 Å². The Balaban J connectivity index is 1.98. The van der Waals surface area contributed by atoms with E-state index in [1.807, 2.05) is 0 Å². The summed E-state index contributed by atoms with van der Waals surface area (Å²) in [6, 6.07) is 6.64. The zero-order valence-corrected chi connectivity index (χ0v) is 10.6. The molecule has 3 rings (SSSR count). The maximum atomic E-state index is 12.4. The maximum absolute atomic E-state index is 12.4. The van der Waals surface area contributed by atoms with Gasteiger partial charge in [0, 0.05) is 6.07 Å². The lowest BCUT2D eigenvalue weighted by atomic mass is 10.2. The van der Waals surface area contributed by atoms with Crippen LogP contribution in [0.5, 0.6) is 5.75 Å². The molecule has 0 spiro atoms. The molecule has 114 valence electrons. The number of aromatic nitrogens is 3. The first-order chi connectivity index (χ1) is 10.4. The largest absolute Gasteiger partial charge is 0.573 e. The van der Waals surface area contributed by atoms with Crippen molar-refractivity contribution in [2.24, 2.45) is 0 Å². The number of anilines is 2. The van der Waals surface area contributed by atoms with Crippen molar-refractivity contribution >= 4 is 22.5 Å². The van der Waals surface area contributed by atoms with Crippen molar-refractivity contribution in [3.8, 4) is 5.75 Å². The van der Waals surface area contributed by atoms with Gasteiger partial charge in [0.2, 0.25) is 5.65 Å². The Hall–Kier alpha value is -3.04. The molecule has 2 N–H and O–H groups in total. The van der Waals surface area contributed by atoms with Gasteiger partial charge in [-0.2, -0.15) is 0 Å². The van der Waals surface area contributed by atoms with E-state index in [9.17, 15) is 18.0 Å². The summed E-state index contributed by atoms with van der Waals surface area (Å²) >= 11 is 0. The van der Waals surface area contributed by atoms with Gasteiger partial charge in [-0.1, -0.05) is 12.1 Å². The van der Waals surface area contributed by atoms with Gasteiger partial charge < -0.3 is 15.0 Å². The summed E-state index contributed by atoms with van der Waals surface area (Å²) < 4.78 is 45.4. The van der Waals surface area contributed by atoms with Crippen LogP contribution >= 0.6 is 0 Å². The van der Waals surface area contributed by atoms with E-state index in [0.29, 0.717) is 0 Å². The molecule has 0 saturated heterocycles. The number of nitrogens with one attached hydrogen (secondary N) is 2. The van der Waals surface area contributed by atoms with Gasteiger partial charge in [0.05, 0.1) is 5.69 Å². The molecule has 0 saturated carbocycles. The van der Waals surface area contributed by atoms with Crippen molar-refractivity contribution in [1.29, 1.82) is 0 Å². The van der Waals surface area contributed by atoms with Crippen molar-refractivity contribution < 1.29 is 22.5 Å². The summed E-state index contributed by atoms with van der Waals surface area (Å²) in [5.41, 5.74) is -0.265. The third-order valence-corrected chi connectivity index (χ3v) is 2.65. The molecule has 0 atom stereocenters. The molecule has 3 aromatic rings. The number of pyridine rings is 1. The molecular weight excluding hydrogens is 305 g/mol. The van der Waals surface area contributed by atoms with E-state index in [-0.39, 0.29) is 22.5 Å². The SMILES string of the molecule is O=c1[nH]c2nonc2cc1Nc1ccccc1OC(F)(F)F. The Kier molecular flexibility index (Phi) is 3.20. The van der Waals surface area contributed by atoms with Crippen molar-refractivity contribution in [3.05, 3.63) is 40.7 Å². The Morgan fingerprint density at radius 1 is 1.18 bits per heavy atom. The number of H-pyrrole nitrogens is 1. The minimum Gasteiger partial charge on any atom is -0.404 e. The summed E-state index contributed by atoms with van der Waals surface area (Å²) in [6.45, 7) is 0. The lowest BCUT2D eigenvalue weighted by Crippen LogP contribution is -2.18. The van der Waals surface area contributed by atoms with E-state index in [0.717, 1.165) is 6.07 Å². The number of para-hydroxylation sites is 2. The van der Waals surface area contributed by atoms with Crippen LogP contribution in [-0.4, -0.2) is 21.7 Å². The predicted octanol–water partition coefficient (Wildman–Crippen LogP) is 2.55. The molecule has 1 aromatic carbocycles. The van der Waals surface area contributed by atoms with Crippen LogP contribution in [0.15, 0.2) is 39.8 Å². The minimum absolute atomic E-state index is 0.0265. The normalized spacial score (nSPS) is 11.6. The van der Waals surface area contributed by atoms with Crippen molar-refractivity contribution in [1.82, 2.24) is 15.3 Å². The molecule has 0 radical (unpaired) electrons. The van der Waals surface area contributed by atoms with E-state index in [4.69, 9.17) is 0 Å². The molecule has 0 aliphatic carbocycles. The molecule has 7 nitrogen and oxygen atoms in total. The van der Waals surface area contributed by atoms with E-state index in [1.165, 1.54) is 24.3 Å². The zero-order valence-electron chi connectivity index (χ0n) is 10.6. The minimum atomic E-state index is -4.84. The van der Waals surface area contributed by atoms with Crippen LogP contribution in [0.25, 0.3) is 11.2 Å². The number of rotatable bonds is 3. The van der Waals surface area contributed by atoms with Crippen molar-refractivity contribution in [2.45, 2.75) is 6.36 Å². The van der Waals surface area contributed by atoms with E-state index in [2.05, 4.69) is 30.0 Å². The fourth-order valence-electron chi connectivity index (χ4n) is 1.78. The monoisotopic (exact) mass is 312 g/mol. The fraction of sp³-hybridized carbons (Fsp3) is 0.0833. The molecule has 0 unspecified atom stereocenters. The van der Waals surface area contributed by atoms with Crippen LogP contribution in [0.1, 0.15) is 0 Å². The molecule has 0 aliphatic rings. The topological polar surface area (TPSA) is 93.0 Å². The number of ether oxygens (including phenoxy) is 1. The number of hydrogen-bond acceptors (Lipinski definition) is 6. The second-order valence-corrected chi connectivity index (χ2v) is 4.18.